The van der Waals surface area contributed by atoms with Crippen LogP contribution in [0.3, 0.4) is 0 Å². The van der Waals surface area contributed by atoms with Gasteiger partial charge in [0.2, 0.25) is 0 Å². The Morgan fingerprint density at radius 2 is 1.53 bits per heavy atom. The van der Waals surface area contributed by atoms with Crippen LogP contribution in [0.2, 0.25) is 0 Å². The molecule has 0 saturated heterocycles. The zero-order chi connectivity index (χ0) is 12.6. The standard InChI is InChI=1S/C15H28O2/c1-2-3-4-5-6-7-8-11-14(16)15(17)12-9-10-13-15/h17H,2-13H2,1H3. The van der Waals surface area contributed by atoms with Gasteiger partial charge >= 0.3 is 0 Å². The molecule has 0 aromatic heterocycles. The molecule has 1 N–H and O–H groups in total. The monoisotopic (exact) mass is 240 g/mol. The van der Waals surface area contributed by atoms with Gasteiger partial charge in [0.1, 0.15) is 5.60 Å². The van der Waals surface area contributed by atoms with Crippen LogP contribution < -0.4 is 0 Å². The molecule has 17 heavy (non-hydrogen) atoms. The van der Waals surface area contributed by atoms with Crippen molar-refractivity contribution in [3.8, 4) is 0 Å². The highest BCUT2D eigenvalue weighted by atomic mass is 16.3. The third-order valence-corrected chi connectivity index (χ3v) is 3.96. The molecule has 1 fully saturated rings. The van der Waals surface area contributed by atoms with Crippen molar-refractivity contribution in [1.29, 1.82) is 0 Å². The largest absolute Gasteiger partial charge is 0.382 e. The molecule has 1 aliphatic carbocycles. The Morgan fingerprint density at radius 3 is 2.12 bits per heavy atom. The number of rotatable bonds is 9. The quantitative estimate of drug-likeness (QED) is 0.618. The molecule has 0 bridgehead atoms. The summed E-state index contributed by atoms with van der Waals surface area (Å²) in [5, 5.41) is 10.1. The average Bonchev–Trinajstić information content (AvgIpc) is 2.76. The summed E-state index contributed by atoms with van der Waals surface area (Å²) in [5.74, 6) is 0.101. The Morgan fingerprint density at radius 1 is 1.00 bits per heavy atom. The first-order valence-corrected chi connectivity index (χ1v) is 7.45. The fourth-order valence-electron chi connectivity index (χ4n) is 2.71. The second-order valence-electron chi connectivity index (χ2n) is 5.53. The smallest absolute Gasteiger partial charge is 0.164 e. The maximum absolute atomic E-state index is 11.9. The lowest BCUT2D eigenvalue weighted by Gasteiger charge is -2.20. The van der Waals surface area contributed by atoms with Crippen molar-refractivity contribution in [3.63, 3.8) is 0 Å². The van der Waals surface area contributed by atoms with Crippen LogP contribution in [0.1, 0.15) is 84.0 Å². The number of ketones is 1. The number of aliphatic hydroxyl groups is 1. The SMILES string of the molecule is CCCCCCCCCC(=O)C1(O)CCCC1. The lowest BCUT2D eigenvalue weighted by Crippen LogP contribution is -2.35. The number of hydrogen-bond donors (Lipinski definition) is 1. The van der Waals surface area contributed by atoms with Crippen molar-refractivity contribution in [3.05, 3.63) is 0 Å². The van der Waals surface area contributed by atoms with E-state index in [0.29, 0.717) is 19.3 Å². The summed E-state index contributed by atoms with van der Waals surface area (Å²) >= 11 is 0. The van der Waals surface area contributed by atoms with Gasteiger partial charge < -0.3 is 5.11 Å². The van der Waals surface area contributed by atoms with E-state index in [9.17, 15) is 9.90 Å². The van der Waals surface area contributed by atoms with E-state index in [2.05, 4.69) is 6.92 Å². The molecule has 2 heteroatoms. The van der Waals surface area contributed by atoms with E-state index in [4.69, 9.17) is 0 Å². The van der Waals surface area contributed by atoms with Crippen LogP contribution in [0.5, 0.6) is 0 Å². The van der Waals surface area contributed by atoms with E-state index in [1.165, 1.54) is 32.1 Å². The number of hydrogen-bond acceptors (Lipinski definition) is 2. The topological polar surface area (TPSA) is 37.3 Å². The van der Waals surface area contributed by atoms with Crippen LogP contribution >= 0.6 is 0 Å². The van der Waals surface area contributed by atoms with Gasteiger partial charge in [0.15, 0.2) is 5.78 Å². The van der Waals surface area contributed by atoms with Gasteiger partial charge in [-0.1, -0.05) is 45.4 Å². The number of carbonyl (C=O) groups excluding carboxylic acids is 1. The average molecular weight is 240 g/mol. The summed E-state index contributed by atoms with van der Waals surface area (Å²) in [4.78, 5) is 11.9. The van der Waals surface area contributed by atoms with Gasteiger partial charge in [0.25, 0.3) is 0 Å². The highest BCUT2D eigenvalue weighted by Gasteiger charge is 2.37. The molecule has 0 radical (unpaired) electrons. The third kappa shape index (κ3) is 5.20. The van der Waals surface area contributed by atoms with Crippen LogP contribution in [0.25, 0.3) is 0 Å². The molecule has 0 spiro atoms. The normalized spacial score (nSPS) is 18.5. The second kappa shape index (κ2) is 7.86. The minimum atomic E-state index is -0.942. The van der Waals surface area contributed by atoms with E-state index in [1.54, 1.807) is 0 Å². The maximum Gasteiger partial charge on any atom is 0.164 e. The molecule has 2 nitrogen and oxygen atoms in total. The minimum absolute atomic E-state index is 0.101. The van der Waals surface area contributed by atoms with E-state index >= 15 is 0 Å². The van der Waals surface area contributed by atoms with Gasteiger partial charge in [-0.3, -0.25) is 4.79 Å². The molecule has 1 rings (SSSR count). The molecule has 1 saturated carbocycles. The molecule has 1 aliphatic rings. The van der Waals surface area contributed by atoms with E-state index in [-0.39, 0.29) is 5.78 Å². The summed E-state index contributed by atoms with van der Waals surface area (Å²) in [7, 11) is 0. The van der Waals surface area contributed by atoms with Gasteiger partial charge in [-0.2, -0.15) is 0 Å². The number of Topliss-reactive ketones (excluding diaryl/α,β-unsaturated/α-hetero) is 1. The van der Waals surface area contributed by atoms with E-state index in [0.717, 1.165) is 25.7 Å². The molecule has 0 aromatic rings. The molecule has 0 aliphatic heterocycles. The van der Waals surface area contributed by atoms with Gasteiger partial charge in [-0.15, -0.1) is 0 Å². The van der Waals surface area contributed by atoms with Crippen LogP contribution in [0.4, 0.5) is 0 Å². The first-order chi connectivity index (χ1) is 8.19. The van der Waals surface area contributed by atoms with Gasteiger partial charge in [-0.25, -0.2) is 0 Å². The zero-order valence-corrected chi connectivity index (χ0v) is 11.3. The molecule has 0 aromatic carbocycles. The molecule has 0 unspecified atom stereocenters. The van der Waals surface area contributed by atoms with E-state index < -0.39 is 5.60 Å². The first kappa shape index (κ1) is 14.7. The van der Waals surface area contributed by atoms with Crippen LogP contribution in [0, 0.1) is 0 Å². The second-order valence-corrected chi connectivity index (χ2v) is 5.53. The molecule has 100 valence electrons. The summed E-state index contributed by atoms with van der Waals surface area (Å²) in [5.41, 5.74) is -0.942. The van der Waals surface area contributed by atoms with Crippen LogP contribution in [-0.4, -0.2) is 16.5 Å². The molecule has 0 atom stereocenters. The summed E-state index contributed by atoms with van der Waals surface area (Å²) in [6.45, 7) is 2.22. The molecule has 0 heterocycles. The molecule has 0 amide bonds. The fourth-order valence-corrected chi connectivity index (χ4v) is 2.71. The maximum atomic E-state index is 11.9. The van der Waals surface area contributed by atoms with Crippen molar-refractivity contribution in [1.82, 2.24) is 0 Å². The highest BCUT2D eigenvalue weighted by Crippen LogP contribution is 2.31. The lowest BCUT2D eigenvalue weighted by molar-refractivity contribution is -0.136. The Kier molecular flexibility index (Phi) is 6.79. The third-order valence-electron chi connectivity index (χ3n) is 3.96. The van der Waals surface area contributed by atoms with Gasteiger partial charge in [-0.05, 0) is 32.1 Å². The summed E-state index contributed by atoms with van der Waals surface area (Å²) in [6, 6.07) is 0. The fraction of sp³-hybridized carbons (Fsp3) is 0.933. The molecular weight excluding hydrogens is 212 g/mol. The van der Waals surface area contributed by atoms with Crippen molar-refractivity contribution in [2.45, 2.75) is 89.6 Å². The van der Waals surface area contributed by atoms with Gasteiger partial charge in [0.05, 0.1) is 0 Å². The summed E-state index contributed by atoms with van der Waals surface area (Å²) in [6.07, 6.45) is 12.6. The van der Waals surface area contributed by atoms with E-state index in [1.807, 2.05) is 0 Å². The zero-order valence-electron chi connectivity index (χ0n) is 11.3. The van der Waals surface area contributed by atoms with Gasteiger partial charge in [0, 0.05) is 6.42 Å². The predicted octanol–water partition coefficient (Wildman–Crippen LogP) is 4.00. The van der Waals surface area contributed by atoms with Crippen molar-refractivity contribution >= 4 is 5.78 Å². The first-order valence-electron chi connectivity index (χ1n) is 7.45. The Balaban J connectivity index is 2.00. The van der Waals surface area contributed by atoms with Crippen LogP contribution in [0.15, 0.2) is 0 Å². The lowest BCUT2D eigenvalue weighted by atomic mass is 9.92. The Hall–Kier alpha value is -0.370. The highest BCUT2D eigenvalue weighted by molar-refractivity contribution is 5.87. The van der Waals surface area contributed by atoms with Crippen molar-refractivity contribution in [2.24, 2.45) is 0 Å². The summed E-state index contributed by atoms with van der Waals surface area (Å²) < 4.78 is 0. The predicted molar refractivity (Wildman–Crippen MR) is 71.0 cm³/mol. The van der Waals surface area contributed by atoms with Crippen LogP contribution in [-0.2, 0) is 4.79 Å². The molecular formula is C15H28O2. The minimum Gasteiger partial charge on any atom is -0.382 e. The van der Waals surface area contributed by atoms with Crippen molar-refractivity contribution < 1.29 is 9.90 Å². The number of unbranched alkanes of at least 4 members (excludes halogenated alkanes) is 6. The number of carbonyl (C=O) groups is 1. The Labute approximate surface area is 106 Å². The van der Waals surface area contributed by atoms with Crippen molar-refractivity contribution in [2.75, 3.05) is 0 Å². The Bertz CT molecular complexity index is 217.